The summed E-state index contributed by atoms with van der Waals surface area (Å²) in [6.45, 7) is 0.596. The van der Waals surface area contributed by atoms with Gasteiger partial charge in [0.05, 0.1) is 12.6 Å². The van der Waals surface area contributed by atoms with Crippen molar-refractivity contribution in [1.82, 2.24) is 10.1 Å². The van der Waals surface area contributed by atoms with Crippen LogP contribution < -0.4 is 5.73 Å². The van der Waals surface area contributed by atoms with Crippen LogP contribution in [0.2, 0.25) is 0 Å². The van der Waals surface area contributed by atoms with E-state index >= 15 is 0 Å². The van der Waals surface area contributed by atoms with Crippen LogP contribution >= 0.6 is 11.8 Å². The fourth-order valence-electron chi connectivity index (χ4n) is 1.08. The fraction of sp³-hybridized carbons (Fsp3) is 0.636. The molecule has 1 unspecified atom stereocenters. The van der Waals surface area contributed by atoms with Crippen molar-refractivity contribution in [2.75, 3.05) is 25.7 Å². The average Bonchev–Trinajstić information content (AvgIpc) is 2.92. The van der Waals surface area contributed by atoms with E-state index < -0.39 is 11.9 Å². The molecule has 4 N–H and O–H groups in total. The zero-order chi connectivity index (χ0) is 16.3. The molecular weight excluding hydrogens is 302 g/mol. The number of nitrogens with two attached hydrogens (primary N) is 1. The number of carboxylic acids is 2. The van der Waals surface area contributed by atoms with Gasteiger partial charge >= 0.3 is 11.9 Å². The first kappa shape index (κ1) is 19.4. The molecule has 0 aliphatic heterocycles. The van der Waals surface area contributed by atoms with Gasteiger partial charge in [-0.05, 0) is 18.4 Å². The molecule has 120 valence electrons. The van der Waals surface area contributed by atoms with E-state index in [1.165, 1.54) is 0 Å². The average molecular weight is 321 g/mol. The smallest absolute Gasteiger partial charge is 0.414 e. The number of carboxylic acid groups (broad SMARTS) is 2. The molecular formula is C11H19N3O6S. The quantitative estimate of drug-likeness (QED) is 0.593. The molecule has 0 saturated carbocycles. The van der Waals surface area contributed by atoms with Crippen molar-refractivity contribution in [1.29, 1.82) is 0 Å². The first-order chi connectivity index (χ1) is 9.92. The summed E-state index contributed by atoms with van der Waals surface area (Å²) < 4.78 is 9.99. The third-order valence-electron chi connectivity index (χ3n) is 2.15. The van der Waals surface area contributed by atoms with E-state index in [2.05, 4.69) is 10.1 Å². The lowest BCUT2D eigenvalue weighted by molar-refractivity contribution is -0.159. The Morgan fingerprint density at radius 3 is 2.52 bits per heavy atom. The summed E-state index contributed by atoms with van der Waals surface area (Å²) in [5, 5.41) is 18.6. The van der Waals surface area contributed by atoms with Crippen LogP contribution in [0.4, 0.5) is 0 Å². The number of hydrogen-bond donors (Lipinski definition) is 3. The SMILES string of the molecule is COCCc1noc(C(N)CCSC)n1.O=C(O)C(=O)O. The number of nitrogens with zero attached hydrogens (tertiary/aromatic N) is 2. The van der Waals surface area contributed by atoms with E-state index in [0.29, 0.717) is 24.7 Å². The van der Waals surface area contributed by atoms with Crippen LogP contribution in [0, 0.1) is 0 Å². The first-order valence-corrected chi connectivity index (χ1v) is 7.33. The fourth-order valence-corrected chi connectivity index (χ4v) is 1.57. The molecule has 0 amide bonds. The molecule has 21 heavy (non-hydrogen) atoms. The Bertz CT molecular complexity index is 427. The van der Waals surface area contributed by atoms with E-state index in [4.69, 9.17) is 34.8 Å². The number of ether oxygens (including phenoxy) is 1. The highest BCUT2D eigenvalue weighted by molar-refractivity contribution is 7.98. The van der Waals surface area contributed by atoms with E-state index in [9.17, 15) is 0 Å². The minimum atomic E-state index is -1.82. The molecule has 0 fully saturated rings. The molecule has 0 radical (unpaired) electrons. The summed E-state index contributed by atoms with van der Waals surface area (Å²) in [5.74, 6) is -1.47. The van der Waals surface area contributed by atoms with Gasteiger partial charge in [0.15, 0.2) is 5.82 Å². The summed E-state index contributed by atoms with van der Waals surface area (Å²) in [4.78, 5) is 22.4. The molecule has 1 aromatic rings. The summed E-state index contributed by atoms with van der Waals surface area (Å²) >= 11 is 1.76. The Balaban J connectivity index is 0.000000567. The number of hydrogen-bond acceptors (Lipinski definition) is 8. The highest BCUT2D eigenvalue weighted by atomic mass is 32.2. The molecule has 9 nitrogen and oxygen atoms in total. The maximum atomic E-state index is 9.10. The van der Waals surface area contributed by atoms with E-state index in [1.807, 2.05) is 6.26 Å². The molecule has 1 heterocycles. The largest absolute Gasteiger partial charge is 0.473 e. The topological polar surface area (TPSA) is 149 Å². The van der Waals surface area contributed by atoms with Crippen molar-refractivity contribution < 1.29 is 29.1 Å². The summed E-state index contributed by atoms with van der Waals surface area (Å²) in [7, 11) is 1.64. The highest BCUT2D eigenvalue weighted by Gasteiger charge is 2.13. The van der Waals surface area contributed by atoms with Gasteiger partial charge < -0.3 is 25.2 Å². The maximum absolute atomic E-state index is 9.10. The second kappa shape index (κ2) is 11.1. The third-order valence-corrected chi connectivity index (χ3v) is 2.79. The Hall–Kier alpha value is -1.65. The van der Waals surface area contributed by atoms with Gasteiger partial charge in [-0.2, -0.15) is 16.7 Å². The van der Waals surface area contributed by atoms with E-state index in [-0.39, 0.29) is 6.04 Å². The number of thioether (sulfide) groups is 1. The van der Waals surface area contributed by atoms with Crippen LogP contribution in [0.15, 0.2) is 4.52 Å². The second-order valence-corrected chi connectivity index (χ2v) is 4.78. The van der Waals surface area contributed by atoms with Crippen LogP contribution in [-0.2, 0) is 20.7 Å². The van der Waals surface area contributed by atoms with Crippen LogP contribution in [0.1, 0.15) is 24.2 Å². The van der Waals surface area contributed by atoms with Gasteiger partial charge in [-0.3, -0.25) is 0 Å². The van der Waals surface area contributed by atoms with Crippen LogP contribution in [0.25, 0.3) is 0 Å². The summed E-state index contributed by atoms with van der Waals surface area (Å²) in [6.07, 6.45) is 3.56. The van der Waals surface area contributed by atoms with E-state index in [1.54, 1.807) is 18.9 Å². The lowest BCUT2D eigenvalue weighted by atomic mass is 10.2. The van der Waals surface area contributed by atoms with Crippen molar-refractivity contribution in [3.8, 4) is 0 Å². The monoisotopic (exact) mass is 321 g/mol. The van der Waals surface area contributed by atoms with Gasteiger partial charge in [-0.1, -0.05) is 5.16 Å². The standard InChI is InChI=1S/C9H17N3O2S.C2H2O4/c1-13-5-3-8-11-9(14-12-8)7(10)4-6-15-2;3-1(4)2(5)6/h7H,3-6,10H2,1-2H3;(H,3,4)(H,5,6). The minimum Gasteiger partial charge on any atom is -0.473 e. The maximum Gasteiger partial charge on any atom is 0.414 e. The number of aliphatic carboxylic acids is 2. The lowest BCUT2D eigenvalue weighted by Crippen LogP contribution is -2.11. The Morgan fingerprint density at radius 1 is 1.43 bits per heavy atom. The molecule has 0 spiro atoms. The Kier molecular flexibility index (Phi) is 10.2. The predicted molar refractivity (Wildman–Crippen MR) is 75.1 cm³/mol. The highest BCUT2D eigenvalue weighted by Crippen LogP contribution is 2.13. The van der Waals surface area contributed by atoms with Gasteiger partial charge in [0.2, 0.25) is 5.89 Å². The Morgan fingerprint density at radius 2 is 2.05 bits per heavy atom. The van der Waals surface area contributed by atoms with Gasteiger partial charge in [-0.25, -0.2) is 9.59 Å². The molecule has 10 heteroatoms. The van der Waals surface area contributed by atoms with Crippen molar-refractivity contribution >= 4 is 23.7 Å². The minimum absolute atomic E-state index is 0.152. The summed E-state index contributed by atoms with van der Waals surface area (Å²) in [5.41, 5.74) is 5.88. The third kappa shape index (κ3) is 9.00. The van der Waals surface area contributed by atoms with Gasteiger partial charge in [0.25, 0.3) is 0 Å². The molecule has 0 aliphatic carbocycles. The number of rotatable bonds is 7. The predicted octanol–water partition coefficient (Wildman–Crippen LogP) is 0.167. The van der Waals surface area contributed by atoms with Gasteiger partial charge in [0.1, 0.15) is 0 Å². The number of aromatic nitrogens is 2. The number of carbonyl (C=O) groups is 2. The van der Waals surface area contributed by atoms with Crippen LogP contribution in [0.3, 0.4) is 0 Å². The molecule has 0 aromatic carbocycles. The zero-order valence-electron chi connectivity index (χ0n) is 11.8. The van der Waals surface area contributed by atoms with Crippen molar-refractivity contribution in [3.05, 3.63) is 11.7 Å². The van der Waals surface area contributed by atoms with Crippen molar-refractivity contribution in [2.24, 2.45) is 5.73 Å². The molecule has 0 aliphatic rings. The molecule has 1 rings (SSSR count). The normalized spacial score (nSPS) is 11.4. The molecule has 0 bridgehead atoms. The second-order valence-electron chi connectivity index (χ2n) is 3.79. The molecule has 0 saturated heterocycles. The van der Waals surface area contributed by atoms with Crippen LogP contribution in [-0.4, -0.2) is 58.0 Å². The van der Waals surface area contributed by atoms with Gasteiger partial charge in [-0.15, -0.1) is 0 Å². The Labute approximate surface area is 125 Å². The van der Waals surface area contributed by atoms with Crippen LogP contribution in [0.5, 0.6) is 0 Å². The first-order valence-electron chi connectivity index (χ1n) is 5.94. The zero-order valence-corrected chi connectivity index (χ0v) is 12.6. The van der Waals surface area contributed by atoms with Crippen molar-refractivity contribution in [3.63, 3.8) is 0 Å². The summed E-state index contributed by atoms with van der Waals surface area (Å²) in [6, 6.07) is -0.152. The van der Waals surface area contributed by atoms with Gasteiger partial charge in [0, 0.05) is 13.5 Å². The molecule has 1 atom stereocenters. The lowest BCUT2D eigenvalue weighted by Gasteiger charge is -2.03. The van der Waals surface area contributed by atoms with Crippen molar-refractivity contribution in [2.45, 2.75) is 18.9 Å². The number of methoxy groups -OCH3 is 1. The molecule has 1 aromatic heterocycles. The van der Waals surface area contributed by atoms with E-state index in [0.717, 1.165) is 12.2 Å².